The number of carbonyl (C=O) groups excluding carboxylic acids is 1. The van der Waals surface area contributed by atoms with Crippen molar-refractivity contribution in [3.05, 3.63) is 17.7 Å². The molecule has 5 heteroatoms. The van der Waals surface area contributed by atoms with Crippen LogP contribution in [-0.4, -0.2) is 42.7 Å². The van der Waals surface area contributed by atoms with Gasteiger partial charge in [-0.3, -0.25) is 4.79 Å². The van der Waals surface area contributed by atoms with Crippen LogP contribution in [0.1, 0.15) is 71.7 Å². The summed E-state index contributed by atoms with van der Waals surface area (Å²) in [5, 5.41) is 0. The molecule has 5 nitrogen and oxygen atoms in total. The molecule has 26 heavy (non-hydrogen) atoms. The van der Waals surface area contributed by atoms with Gasteiger partial charge in [0.2, 0.25) is 5.75 Å². The van der Waals surface area contributed by atoms with Crippen molar-refractivity contribution in [2.75, 3.05) is 19.8 Å². The number of carbonyl (C=O) groups is 1. The summed E-state index contributed by atoms with van der Waals surface area (Å²) in [5.41, 5.74) is 0.570. The smallest absolute Gasteiger partial charge is 0.254 e. The Hall–Kier alpha value is -1.91. The third-order valence-corrected chi connectivity index (χ3v) is 4.52. The minimum Gasteiger partial charge on any atom is -0.490 e. The average Bonchev–Trinajstić information content (AvgIpc) is 2.64. The summed E-state index contributed by atoms with van der Waals surface area (Å²) in [6, 6.07) is 3.87. The fourth-order valence-electron chi connectivity index (χ4n) is 2.89. The van der Waals surface area contributed by atoms with Crippen LogP contribution in [0.25, 0.3) is 0 Å². The van der Waals surface area contributed by atoms with Crippen molar-refractivity contribution in [2.24, 2.45) is 0 Å². The van der Waals surface area contributed by atoms with Gasteiger partial charge >= 0.3 is 0 Å². The van der Waals surface area contributed by atoms with Crippen molar-refractivity contribution >= 4 is 5.91 Å². The summed E-state index contributed by atoms with van der Waals surface area (Å²) >= 11 is 0. The van der Waals surface area contributed by atoms with Crippen molar-refractivity contribution < 1.29 is 19.0 Å². The first-order valence-electron chi connectivity index (χ1n) is 9.83. The molecule has 1 amide bonds. The Morgan fingerprint density at radius 2 is 1.27 bits per heavy atom. The van der Waals surface area contributed by atoms with Gasteiger partial charge in [-0.2, -0.15) is 0 Å². The lowest BCUT2D eigenvalue weighted by molar-refractivity contribution is 0.0597. The van der Waals surface area contributed by atoms with Gasteiger partial charge < -0.3 is 19.1 Å². The van der Waals surface area contributed by atoms with E-state index in [1.165, 1.54) is 0 Å². The molecule has 148 valence electrons. The van der Waals surface area contributed by atoms with Gasteiger partial charge in [-0.1, -0.05) is 13.8 Å². The Morgan fingerprint density at radius 1 is 0.846 bits per heavy atom. The lowest BCUT2D eigenvalue weighted by atomic mass is 10.1. The number of amides is 1. The van der Waals surface area contributed by atoms with E-state index in [2.05, 4.69) is 27.7 Å². The minimum absolute atomic E-state index is 0.00125. The van der Waals surface area contributed by atoms with Gasteiger partial charge in [0.1, 0.15) is 0 Å². The molecule has 2 unspecified atom stereocenters. The molecule has 1 rings (SSSR count). The second kappa shape index (κ2) is 10.9. The van der Waals surface area contributed by atoms with Crippen LogP contribution in [0.4, 0.5) is 0 Å². The van der Waals surface area contributed by atoms with Crippen LogP contribution in [0.2, 0.25) is 0 Å². The molecule has 0 saturated carbocycles. The lowest BCUT2D eigenvalue weighted by Crippen LogP contribution is -2.44. The molecule has 0 bridgehead atoms. The molecule has 1 aromatic carbocycles. The van der Waals surface area contributed by atoms with Gasteiger partial charge in [-0.05, 0) is 59.6 Å². The summed E-state index contributed by atoms with van der Waals surface area (Å²) in [6.45, 7) is 15.6. The van der Waals surface area contributed by atoms with Crippen LogP contribution < -0.4 is 14.2 Å². The standard InChI is InChI=1S/C21H35NO4/c1-8-15(6)22(16(7)9-2)21(23)17-13-18(24-10-3)20(26-12-5)19(14-17)25-11-4/h13-16H,8-12H2,1-7H3. The van der Waals surface area contributed by atoms with Gasteiger partial charge in [0.25, 0.3) is 5.91 Å². The summed E-state index contributed by atoms with van der Waals surface area (Å²) in [6.07, 6.45) is 1.81. The number of rotatable bonds is 11. The average molecular weight is 366 g/mol. The van der Waals surface area contributed by atoms with E-state index in [4.69, 9.17) is 14.2 Å². The van der Waals surface area contributed by atoms with Gasteiger partial charge in [-0.25, -0.2) is 0 Å². The first-order valence-corrected chi connectivity index (χ1v) is 9.83. The highest BCUT2D eigenvalue weighted by molar-refractivity contribution is 5.96. The molecule has 0 aliphatic carbocycles. The van der Waals surface area contributed by atoms with Crippen molar-refractivity contribution in [2.45, 2.75) is 73.4 Å². The fourth-order valence-corrected chi connectivity index (χ4v) is 2.89. The highest BCUT2D eigenvalue weighted by Gasteiger charge is 2.27. The maximum absolute atomic E-state index is 13.3. The maximum Gasteiger partial charge on any atom is 0.254 e. The molecule has 2 atom stereocenters. The summed E-state index contributed by atoms with van der Waals surface area (Å²) in [7, 11) is 0. The molecule has 0 N–H and O–H groups in total. The molecule has 0 aliphatic rings. The van der Waals surface area contributed by atoms with Crippen LogP contribution in [0.3, 0.4) is 0 Å². The third kappa shape index (κ3) is 5.29. The first-order chi connectivity index (χ1) is 12.4. The number of nitrogens with zero attached hydrogens (tertiary/aromatic N) is 1. The Morgan fingerprint density at radius 3 is 1.62 bits per heavy atom. The zero-order valence-corrected chi connectivity index (χ0v) is 17.4. The van der Waals surface area contributed by atoms with Gasteiger partial charge in [-0.15, -0.1) is 0 Å². The molecular formula is C21H35NO4. The number of benzene rings is 1. The Bertz CT molecular complexity index is 536. The SMILES string of the molecule is CCOc1cc(C(=O)N(C(C)CC)C(C)CC)cc(OCC)c1OCC. The Balaban J connectivity index is 3.42. The van der Waals surface area contributed by atoms with E-state index in [0.717, 1.165) is 12.8 Å². The van der Waals surface area contributed by atoms with Gasteiger partial charge in [0.05, 0.1) is 19.8 Å². The van der Waals surface area contributed by atoms with Crippen LogP contribution >= 0.6 is 0 Å². The fraction of sp³-hybridized carbons (Fsp3) is 0.667. The van der Waals surface area contributed by atoms with Gasteiger partial charge in [0.15, 0.2) is 11.5 Å². The number of hydrogen-bond acceptors (Lipinski definition) is 4. The van der Waals surface area contributed by atoms with Crippen molar-refractivity contribution in [3.63, 3.8) is 0 Å². The van der Waals surface area contributed by atoms with Crippen LogP contribution in [0.5, 0.6) is 17.2 Å². The molecule has 0 heterocycles. The third-order valence-electron chi connectivity index (χ3n) is 4.52. The molecular weight excluding hydrogens is 330 g/mol. The first kappa shape index (κ1) is 22.1. The quantitative estimate of drug-likeness (QED) is 0.558. The van der Waals surface area contributed by atoms with Crippen molar-refractivity contribution in [3.8, 4) is 17.2 Å². The van der Waals surface area contributed by atoms with E-state index < -0.39 is 0 Å². The molecule has 0 aliphatic heterocycles. The molecule has 0 spiro atoms. The highest BCUT2D eigenvalue weighted by atomic mass is 16.5. The zero-order chi connectivity index (χ0) is 19.7. The van der Waals surface area contributed by atoms with Crippen molar-refractivity contribution in [1.29, 1.82) is 0 Å². The monoisotopic (exact) mass is 365 g/mol. The van der Waals surface area contributed by atoms with E-state index in [9.17, 15) is 4.79 Å². The molecule has 1 aromatic rings. The maximum atomic E-state index is 13.3. The number of ether oxygens (including phenoxy) is 3. The largest absolute Gasteiger partial charge is 0.490 e. The molecule has 0 radical (unpaired) electrons. The molecule has 0 fully saturated rings. The van der Waals surface area contributed by atoms with E-state index in [-0.39, 0.29) is 18.0 Å². The Kier molecular flexibility index (Phi) is 9.31. The summed E-state index contributed by atoms with van der Waals surface area (Å²) < 4.78 is 17.2. The normalized spacial score (nSPS) is 13.0. The van der Waals surface area contributed by atoms with Crippen molar-refractivity contribution in [1.82, 2.24) is 4.90 Å². The lowest BCUT2D eigenvalue weighted by Gasteiger charge is -2.34. The van der Waals surface area contributed by atoms with Crippen LogP contribution in [-0.2, 0) is 0 Å². The predicted octanol–water partition coefficient (Wildman–Crippen LogP) is 4.92. The minimum atomic E-state index is -0.00125. The highest BCUT2D eigenvalue weighted by Crippen LogP contribution is 2.39. The predicted molar refractivity (Wildman–Crippen MR) is 106 cm³/mol. The van der Waals surface area contributed by atoms with Crippen LogP contribution in [0.15, 0.2) is 12.1 Å². The van der Waals surface area contributed by atoms with E-state index >= 15 is 0 Å². The zero-order valence-electron chi connectivity index (χ0n) is 17.4. The van der Waals surface area contributed by atoms with E-state index in [1.54, 1.807) is 12.1 Å². The number of hydrogen-bond donors (Lipinski definition) is 0. The summed E-state index contributed by atoms with van der Waals surface area (Å²) in [5.74, 6) is 1.67. The molecule has 0 saturated heterocycles. The van der Waals surface area contributed by atoms with Gasteiger partial charge in [0, 0.05) is 17.6 Å². The summed E-state index contributed by atoms with van der Waals surface area (Å²) in [4.78, 5) is 15.3. The van der Waals surface area contributed by atoms with E-state index in [0.29, 0.717) is 42.6 Å². The Labute approximate surface area is 158 Å². The van der Waals surface area contributed by atoms with Crippen LogP contribution in [0, 0.1) is 0 Å². The van der Waals surface area contributed by atoms with E-state index in [1.807, 2.05) is 25.7 Å². The second-order valence-corrected chi connectivity index (χ2v) is 6.33. The second-order valence-electron chi connectivity index (χ2n) is 6.33. The topological polar surface area (TPSA) is 48.0 Å². The molecule has 0 aromatic heterocycles.